The molecular weight excluding hydrogens is 414 g/mol. The van der Waals surface area contributed by atoms with E-state index in [9.17, 15) is 9.59 Å². The van der Waals surface area contributed by atoms with Crippen molar-refractivity contribution in [3.8, 4) is 0 Å². The molecule has 1 amide bonds. The molecule has 3 heterocycles. The molecule has 8 nitrogen and oxygen atoms in total. The summed E-state index contributed by atoms with van der Waals surface area (Å²) in [5.41, 5.74) is 2.51. The van der Waals surface area contributed by atoms with Gasteiger partial charge >= 0.3 is 5.97 Å². The number of rotatable bonds is 4. The van der Waals surface area contributed by atoms with Gasteiger partial charge in [-0.2, -0.15) is 0 Å². The molecule has 1 N–H and O–H groups in total. The number of aryl methyl sites for hydroxylation is 2. The van der Waals surface area contributed by atoms with Crippen LogP contribution in [0.5, 0.6) is 0 Å². The molecule has 2 aromatic rings. The third-order valence-corrected chi connectivity index (χ3v) is 5.53. The summed E-state index contributed by atoms with van der Waals surface area (Å²) >= 11 is 3.38. The van der Waals surface area contributed by atoms with Crippen LogP contribution >= 0.6 is 16.1 Å². The molecule has 27 heavy (non-hydrogen) atoms. The fourth-order valence-electron chi connectivity index (χ4n) is 3.07. The minimum Gasteiger partial charge on any atom is -0.464 e. The predicted molar refractivity (Wildman–Crippen MR) is 104 cm³/mol. The van der Waals surface area contributed by atoms with Gasteiger partial charge in [0.15, 0.2) is 5.69 Å². The van der Waals surface area contributed by atoms with Gasteiger partial charge in [0.2, 0.25) is 5.95 Å². The SMILES string of the molecule is COC(=O)c1cc(C)nc(N2CCC(NC(=O)c3ccc(C)n3Br)CC2)n1. The van der Waals surface area contributed by atoms with Crippen molar-refractivity contribution in [2.75, 3.05) is 25.1 Å². The van der Waals surface area contributed by atoms with Crippen molar-refractivity contribution < 1.29 is 14.3 Å². The Morgan fingerprint density at radius 2 is 1.93 bits per heavy atom. The standard InChI is InChI=1S/C18H22BrN5O3/c1-11-10-14(17(26)27-3)22-18(20-11)23-8-6-13(7-9-23)21-16(25)15-5-4-12(2)24(15)19/h4-5,10,13H,6-9H2,1-3H3,(H,21,25). The van der Waals surface area contributed by atoms with Crippen molar-refractivity contribution in [3.63, 3.8) is 0 Å². The zero-order valence-corrected chi connectivity index (χ0v) is 17.1. The Labute approximate surface area is 166 Å². The fraction of sp³-hybridized carbons (Fsp3) is 0.444. The van der Waals surface area contributed by atoms with Gasteiger partial charge in [0, 0.05) is 30.5 Å². The zero-order chi connectivity index (χ0) is 19.6. The molecule has 1 aliphatic rings. The first-order chi connectivity index (χ1) is 12.9. The first kappa shape index (κ1) is 19.3. The second-order valence-corrected chi connectivity index (χ2v) is 7.27. The molecule has 3 rings (SSSR count). The van der Waals surface area contributed by atoms with Gasteiger partial charge in [-0.15, -0.1) is 0 Å². The van der Waals surface area contributed by atoms with E-state index in [1.807, 2.05) is 24.8 Å². The second kappa shape index (κ2) is 8.08. The molecule has 0 spiro atoms. The van der Waals surface area contributed by atoms with E-state index in [4.69, 9.17) is 4.74 Å². The Morgan fingerprint density at radius 1 is 1.22 bits per heavy atom. The Kier molecular flexibility index (Phi) is 5.79. The Morgan fingerprint density at radius 3 is 2.52 bits per heavy atom. The highest BCUT2D eigenvalue weighted by Crippen LogP contribution is 2.19. The van der Waals surface area contributed by atoms with Crippen molar-refractivity contribution in [2.45, 2.75) is 32.7 Å². The first-order valence-corrected chi connectivity index (χ1v) is 9.44. The number of ether oxygens (including phenoxy) is 1. The quantitative estimate of drug-likeness (QED) is 0.740. The number of nitrogens with zero attached hydrogens (tertiary/aromatic N) is 4. The number of hydrogen-bond donors (Lipinski definition) is 1. The monoisotopic (exact) mass is 435 g/mol. The average Bonchev–Trinajstić information content (AvgIpc) is 3.00. The smallest absolute Gasteiger partial charge is 0.356 e. The van der Waals surface area contributed by atoms with Crippen molar-refractivity contribution in [1.29, 1.82) is 0 Å². The van der Waals surface area contributed by atoms with Crippen molar-refractivity contribution in [3.05, 3.63) is 41.0 Å². The van der Waals surface area contributed by atoms with E-state index in [-0.39, 0.29) is 17.6 Å². The topological polar surface area (TPSA) is 89.4 Å². The van der Waals surface area contributed by atoms with Crippen LogP contribution in [-0.2, 0) is 4.74 Å². The van der Waals surface area contributed by atoms with Gasteiger partial charge in [-0.25, -0.2) is 14.8 Å². The van der Waals surface area contributed by atoms with E-state index in [1.165, 1.54) is 7.11 Å². The van der Waals surface area contributed by atoms with Crippen LogP contribution in [0.4, 0.5) is 5.95 Å². The normalized spacial score (nSPS) is 14.9. The van der Waals surface area contributed by atoms with Gasteiger partial charge in [-0.3, -0.25) is 8.39 Å². The van der Waals surface area contributed by atoms with E-state index >= 15 is 0 Å². The van der Waals surface area contributed by atoms with Crippen LogP contribution in [0.2, 0.25) is 0 Å². The average molecular weight is 436 g/mol. The van der Waals surface area contributed by atoms with Gasteiger partial charge in [-0.1, -0.05) is 0 Å². The molecule has 9 heteroatoms. The Bertz CT molecular complexity index is 859. The van der Waals surface area contributed by atoms with Crippen molar-refractivity contribution in [1.82, 2.24) is 18.9 Å². The van der Waals surface area contributed by atoms with Crippen LogP contribution < -0.4 is 10.2 Å². The first-order valence-electron chi connectivity index (χ1n) is 8.73. The van der Waals surface area contributed by atoms with E-state index in [2.05, 4.69) is 31.4 Å². The molecule has 0 saturated carbocycles. The van der Waals surface area contributed by atoms with Crippen LogP contribution in [0, 0.1) is 13.8 Å². The third kappa shape index (κ3) is 4.29. The van der Waals surface area contributed by atoms with Crippen LogP contribution in [0.25, 0.3) is 0 Å². The molecular formula is C18H22BrN5O3. The van der Waals surface area contributed by atoms with Crippen molar-refractivity contribution in [2.24, 2.45) is 0 Å². The van der Waals surface area contributed by atoms with Gasteiger partial charge in [0.1, 0.15) is 5.69 Å². The minimum atomic E-state index is -0.475. The molecule has 0 unspecified atom stereocenters. The summed E-state index contributed by atoms with van der Waals surface area (Å²) in [6.45, 7) is 5.14. The summed E-state index contributed by atoms with van der Waals surface area (Å²) in [4.78, 5) is 35.0. The maximum Gasteiger partial charge on any atom is 0.356 e. The molecule has 0 atom stereocenters. The molecule has 2 aromatic heterocycles. The van der Waals surface area contributed by atoms with Crippen LogP contribution in [0.1, 0.15) is 45.2 Å². The molecule has 0 aliphatic carbocycles. The Hall–Kier alpha value is -2.42. The van der Waals surface area contributed by atoms with Gasteiger partial charge in [0.25, 0.3) is 5.91 Å². The molecule has 144 valence electrons. The van der Waals surface area contributed by atoms with E-state index < -0.39 is 5.97 Å². The molecule has 1 aliphatic heterocycles. The summed E-state index contributed by atoms with van der Waals surface area (Å²) in [7, 11) is 1.33. The maximum atomic E-state index is 12.4. The summed E-state index contributed by atoms with van der Waals surface area (Å²) in [6, 6.07) is 5.38. The van der Waals surface area contributed by atoms with Crippen LogP contribution in [0.3, 0.4) is 0 Å². The number of nitrogens with one attached hydrogen (secondary N) is 1. The lowest BCUT2D eigenvalue weighted by atomic mass is 10.1. The highest BCUT2D eigenvalue weighted by atomic mass is 79.9. The molecule has 0 radical (unpaired) electrons. The number of halogens is 1. The lowest BCUT2D eigenvalue weighted by molar-refractivity contribution is 0.0593. The number of carbonyl (C=O) groups is 2. The Balaban J connectivity index is 1.62. The highest BCUT2D eigenvalue weighted by Gasteiger charge is 2.24. The molecule has 1 fully saturated rings. The van der Waals surface area contributed by atoms with Gasteiger partial charge < -0.3 is 15.0 Å². The molecule has 1 saturated heterocycles. The number of anilines is 1. The van der Waals surface area contributed by atoms with Crippen LogP contribution in [0.15, 0.2) is 18.2 Å². The highest BCUT2D eigenvalue weighted by molar-refractivity contribution is 9.08. The van der Waals surface area contributed by atoms with Crippen LogP contribution in [-0.4, -0.2) is 51.7 Å². The predicted octanol–water partition coefficient (Wildman–Crippen LogP) is 2.24. The summed E-state index contributed by atoms with van der Waals surface area (Å²) in [6.07, 6.45) is 1.55. The third-order valence-electron chi connectivity index (χ3n) is 4.59. The fourth-order valence-corrected chi connectivity index (χ4v) is 3.47. The van der Waals surface area contributed by atoms with E-state index in [1.54, 1.807) is 15.7 Å². The van der Waals surface area contributed by atoms with E-state index in [0.717, 1.165) is 18.5 Å². The van der Waals surface area contributed by atoms with Gasteiger partial charge in [0.05, 0.1) is 23.3 Å². The summed E-state index contributed by atoms with van der Waals surface area (Å²) in [5.74, 6) is -0.0553. The number of esters is 1. The second-order valence-electron chi connectivity index (χ2n) is 6.56. The number of aromatic nitrogens is 3. The molecule has 0 aromatic carbocycles. The zero-order valence-electron chi connectivity index (χ0n) is 15.5. The summed E-state index contributed by atoms with van der Waals surface area (Å²) < 4.78 is 6.45. The lowest BCUT2D eigenvalue weighted by Crippen LogP contribution is -2.45. The van der Waals surface area contributed by atoms with Crippen molar-refractivity contribution >= 4 is 34.0 Å². The largest absolute Gasteiger partial charge is 0.464 e. The molecule has 0 bridgehead atoms. The summed E-state index contributed by atoms with van der Waals surface area (Å²) in [5, 5.41) is 3.08. The lowest BCUT2D eigenvalue weighted by Gasteiger charge is -2.32. The minimum absolute atomic E-state index is 0.0846. The van der Waals surface area contributed by atoms with Gasteiger partial charge in [-0.05, 0) is 44.9 Å². The number of hydrogen-bond acceptors (Lipinski definition) is 6. The number of carbonyl (C=O) groups excluding carboxylic acids is 2. The number of methoxy groups -OCH3 is 1. The number of piperidine rings is 1. The number of amides is 1. The maximum absolute atomic E-state index is 12.4. The van der Waals surface area contributed by atoms with E-state index in [0.29, 0.717) is 30.4 Å².